The fourth-order valence-corrected chi connectivity index (χ4v) is 0.975. The second-order valence-electron chi connectivity index (χ2n) is 2.18. The summed E-state index contributed by atoms with van der Waals surface area (Å²) in [6.07, 6.45) is 6.95. The molecule has 9 heavy (non-hydrogen) atoms. The van der Waals surface area contributed by atoms with Crippen LogP contribution in [-0.2, 0) is 0 Å². The smallest absolute Gasteiger partial charge is 0.0363 e. The molecule has 0 radical (unpaired) electrons. The Bertz CT molecular complexity index is 149. The molecule has 0 aromatic carbocycles. The molecule has 0 bridgehead atoms. The van der Waals surface area contributed by atoms with Gasteiger partial charge in [-0.25, -0.2) is 0 Å². The van der Waals surface area contributed by atoms with Crippen molar-refractivity contribution in [3.05, 3.63) is 23.3 Å². The average molecular weight is 144 g/mol. The van der Waals surface area contributed by atoms with Crippen LogP contribution in [0.15, 0.2) is 23.3 Å². The van der Waals surface area contributed by atoms with E-state index in [4.69, 9.17) is 17.3 Å². The Hall–Kier alpha value is -0.270. The summed E-state index contributed by atoms with van der Waals surface area (Å²) in [5.74, 6) is 0.507. The van der Waals surface area contributed by atoms with Crippen molar-refractivity contribution >= 4 is 11.6 Å². The SMILES string of the molecule is NC[C@H]1C=CC(Cl)=CC1. The van der Waals surface area contributed by atoms with Gasteiger partial charge >= 0.3 is 0 Å². The van der Waals surface area contributed by atoms with Crippen LogP contribution in [0.5, 0.6) is 0 Å². The van der Waals surface area contributed by atoms with Gasteiger partial charge in [0.15, 0.2) is 0 Å². The van der Waals surface area contributed by atoms with E-state index in [2.05, 4.69) is 6.08 Å². The molecule has 0 saturated heterocycles. The van der Waals surface area contributed by atoms with E-state index < -0.39 is 0 Å². The highest BCUT2D eigenvalue weighted by atomic mass is 35.5. The predicted octanol–water partition coefficient (Wildman–Crippen LogP) is 1.64. The van der Waals surface area contributed by atoms with Gasteiger partial charge in [0.2, 0.25) is 0 Å². The summed E-state index contributed by atoms with van der Waals surface area (Å²) in [7, 11) is 0. The van der Waals surface area contributed by atoms with E-state index in [1.54, 1.807) is 0 Å². The molecule has 50 valence electrons. The number of hydrogen-bond acceptors (Lipinski definition) is 1. The predicted molar refractivity (Wildman–Crippen MR) is 40.2 cm³/mol. The van der Waals surface area contributed by atoms with Crippen molar-refractivity contribution in [3.63, 3.8) is 0 Å². The van der Waals surface area contributed by atoms with E-state index in [1.165, 1.54) is 0 Å². The molecule has 1 aliphatic rings. The van der Waals surface area contributed by atoms with E-state index in [1.807, 2.05) is 12.2 Å². The first-order valence-electron chi connectivity index (χ1n) is 3.07. The molecule has 0 aromatic heterocycles. The molecular formula is C7H10ClN. The zero-order valence-corrected chi connectivity index (χ0v) is 5.93. The van der Waals surface area contributed by atoms with Crippen molar-refractivity contribution in [2.75, 3.05) is 6.54 Å². The Balaban J connectivity index is 2.48. The van der Waals surface area contributed by atoms with E-state index in [9.17, 15) is 0 Å². The summed E-state index contributed by atoms with van der Waals surface area (Å²) >= 11 is 5.67. The summed E-state index contributed by atoms with van der Waals surface area (Å²) in [5, 5.41) is 0.833. The average Bonchev–Trinajstić information content (AvgIpc) is 1.90. The second kappa shape index (κ2) is 3.04. The number of rotatable bonds is 1. The third-order valence-corrected chi connectivity index (χ3v) is 1.73. The van der Waals surface area contributed by atoms with Gasteiger partial charge in [-0.3, -0.25) is 0 Å². The van der Waals surface area contributed by atoms with Crippen LogP contribution in [0.3, 0.4) is 0 Å². The third kappa shape index (κ3) is 1.84. The van der Waals surface area contributed by atoms with E-state index in [0.717, 1.165) is 18.0 Å². The van der Waals surface area contributed by atoms with Crippen LogP contribution in [0.25, 0.3) is 0 Å². The molecule has 1 nitrogen and oxygen atoms in total. The third-order valence-electron chi connectivity index (χ3n) is 1.45. The van der Waals surface area contributed by atoms with E-state index in [0.29, 0.717) is 5.92 Å². The van der Waals surface area contributed by atoms with E-state index >= 15 is 0 Å². The zero-order valence-electron chi connectivity index (χ0n) is 5.18. The van der Waals surface area contributed by atoms with Crippen LogP contribution in [0.2, 0.25) is 0 Å². The number of halogens is 1. The summed E-state index contributed by atoms with van der Waals surface area (Å²) in [6, 6.07) is 0. The summed E-state index contributed by atoms with van der Waals surface area (Å²) in [4.78, 5) is 0. The quantitative estimate of drug-likeness (QED) is 0.594. The van der Waals surface area contributed by atoms with Crippen molar-refractivity contribution < 1.29 is 0 Å². The lowest BCUT2D eigenvalue weighted by Crippen LogP contribution is -2.12. The monoisotopic (exact) mass is 143 g/mol. The molecule has 2 heteroatoms. The first-order chi connectivity index (χ1) is 4.33. The Labute approximate surface area is 60.2 Å². The number of hydrogen-bond donors (Lipinski definition) is 1. The maximum atomic E-state index is 5.67. The molecule has 0 unspecified atom stereocenters. The Morgan fingerprint density at radius 2 is 2.56 bits per heavy atom. The zero-order chi connectivity index (χ0) is 6.69. The fraction of sp³-hybridized carbons (Fsp3) is 0.429. The molecular weight excluding hydrogens is 134 g/mol. The van der Waals surface area contributed by atoms with Crippen molar-refractivity contribution in [3.8, 4) is 0 Å². The molecule has 0 fully saturated rings. The Kier molecular flexibility index (Phi) is 2.31. The minimum absolute atomic E-state index is 0.507. The molecule has 0 spiro atoms. The lowest BCUT2D eigenvalue weighted by molar-refractivity contribution is 0.668. The summed E-state index contributed by atoms with van der Waals surface area (Å²) < 4.78 is 0. The van der Waals surface area contributed by atoms with Crippen LogP contribution >= 0.6 is 11.6 Å². The van der Waals surface area contributed by atoms with E-state index in [-0.39, 0.29) is 0 Å². The molecule has 0 saturated carbocycles. The largest absolute Gasteiger partial charge is 0.330 e. The van der Waals surface area contributed by atoms with Gasteiger partial charge in [-0.15, -0.1) is 0 Å². The molecule has 1 aliphatic carbocycles. The highest BCUT2D eigenvalue weighted by Crippen LogP contribution is 2.16. The van der Waals surface area contributed by atoms with Gasteiger partial charge in [-0.1, -0.05) is 23.8 Å². The Morgan fingerprint density at radius 1 is 1.78 bits per heavy atom. The lowest BCUT2D eigenvalue weighted by atomic mass is 10.0. The summed E-state index contributed by atoms with van der Waals surface area (Å²) in [6.45, 7) is 0.719. The number of allylic oxidation sites excluding steroid dienone is 3. The maximum Gasteiger partial charge on any atom is 0.0363 e. The lowest BCUT2D eigenvalue weighted by Gasteiger charge is -2.09. The number of nitrogens with two attached hydrogens (primary N) is 1. The molecule has 1 rings (SSSR count). The molecule has 2 N–H and O–H groups in total. The Morgan fingerprint density at radius 3 is 3.00 bits per heavy atom. The molecule has 0 amide bonds. The minimum Gasteiger partial charge on any atom is -0.330 e. The molecule has 0 heterocycles. The van der Waals surface area contributed by atoms with Crippen LogP contribution < -0.4 is 5.73 Å². The van der Waals surface area contributed by atoms with Gasteiger partial charge in [0.25, 0.3) is 0 Å². The first kappa shape index (κ1) is 6.84. The second-order valence-corrected chi connectivity index (χ2v) is 2.62. The fourth-order valence-electron chi connectivity index (χ4n) is 0.813. The van der Waals surface area contributed by atoms with Crippen LogP contribution in [-0.4, -0.2) is 6.54 Å². The van der Waals surface area contributed by atoms with Crippen molar-refractivity contribution in [2.45, 2.75) is 6.42 Å². The normalized spacial score (nSPS) is 26.0. The highest BCUT2D eigenvalue weighted by Gasteiger charge is 2.03. The standard InChI is InChI=1S/C7H10ClN/c8-7-3-1-6(5-9)2-4-7/h1,3-4,6H,2,5,9H2/t6-/m0/s1. The van der Waals surface area contributed by atoms with Crippen LogP contribution in [0.4, 0.5) is 0 Å². The van der Waals surface area contributed by atoms with Crippen molar-refractivity contribution in [1.29, 1.82) is 0 Å². The van der Waals surface area contributed by atoms with Gasteiger partial charge in [0.1, 0.15) is 0 Å². The van der Waals surface area contributed by atoms with Crippen molar-refractivity contribution in [1.82, 2.24) is 0 Å². The topological polar surface area (TPSA) is 26.0 Å². The van der Waals surface area contributed by atoms with Gasteiger partial charge in [-0.05, 0) is 25.0 Å². The molecule has 0 aromatic rings. The van der Waals surface area contributed by atoms with Gasteiger partial charge in [0, 0.05) is 5.03 Å². The maximum absolute atomic E-state index is 5.67. The summed E-state index contributed by atoms with van der Waals surface area (Å²) in [5.41, 5.74) is 5.43. The van der Waals surface area contributed by atoms with Crippen molar-refractivity contribution in [2.24, 2.45) is 11.7 Å². The van der Waals surface area contributed by atoms with Crippen LogP contribution in [0, 0.1) is 5.92 Å². The highest BCUT2D eigenvalue weighted by molar-refractivity contribution is 6.31. The van der Waals surface area contributed by atoms with Gasteiger partial charge < -0.3 is 5.73 Å². The molecule has 0 aliphatic heterocycles. The molecule has 1 atom stereocenters. The van der Waals surface area contributed by atoms with Gasteiger partial charge in [-0.2, -0.15) is 0 Å². The minimum atomic E-state index is 0.507. The van der Waals surface area contributed by atoms with Crippen LogP contribution in [0.1, 0.15) is 6.42 Å². The van der Waals surface area contributed by atoms with Gasteiger partial charge in [0.05, 0.1) is 0 Å². The first-order valence-corrected chi connectivity index (χ1v) is 3.44.